The van der Waals surface area contributed by atoms with Crippen LogP contribution in [-0.2, 0) is 28.7 Å². The first-order valence-electron chi connectivity index (χ1n) is 13.6. The third kappa shape index (κ3) is 3.38. The van der Waals surface area contributed by atoms with E-state index >= 15 is 0 Å². The van der Waals surface area contributed by atoms with Gasteiger partial charge in [0.1, 0.15) is 5.78 Å². The van der Waals surface area contributed by atoms with Gasteiger partial charge in [0.2, 0.25) is 0 Å². The van der Waals surface area contributed by atoms with Gasteiger partial charge in [0, 0.05) is 29.6 Å². The van der Waals surface area contributed by atoms with E-state index in [1.807, 2.05) is 19.9 Å². The van der Waals surface area contributed by atoms with Gasteiger partial charge in [0.15, 0.2) is 23.5 Å². The van der Waals surface area contributed by atoms with Crippen molar-refractivity contribution in [2.75, 3.05) is 0 Å². The van der Waals surface area contributed by atoms with E-state index in [1.54, 1.807) is 19.1 Å². The molecule has 4 fully saturated rings. The number of hydrogen-bond donors (Lipinski definition) is 1. The molecule has 1 N–H and O–H groups in total. The summed E-state index contributed by atoms with van der Waals surface area (Å²) in [6, 6.07) is 0. The van der Waals surface area contributed by atoms with E-state index < -0.39 is 40.7 Å². The predicted molar refractivity (Wildman–Crippen MR) is 131 cm³/mol. The molecule has 0 aromatic rings. The van der Waals surface area contributed by atoms with Gasteiger partial charge in [-0.2, -0.15) is 0 Å². The standard InChI is InChI=1S/C29H38O7/c1-5-7-24-35-23-14-20-19-9-8-17-13-18(30)10-11-27(17,3)25(19)21(31)15-28(20,4)29(23,36-24)22(32)12-16(6-2)26(33)34/h10-11,13,16,19-20,23-25H,5-9,12,14-15H2,1-4H3,(H,33,34)/t16?,19-,20-,23+,24?,25+,27-,28-,29+/m0/s1. The van der Waals surface area contributed by atoms with Crippen molar-refractivity contribution in [3.63, 3.8) is 0 Å². The summed E-state index contributed by atoms with van der Waals surface area (Å²) in [7, 11) is 0. The Bertz CT molecular complexity index is 1060. The summed E-state index contributed by atoms with van der Waals surface area (Å²) < 4.78 is 12.9. The predicted octanol–water partition coefficient (Wildman–Crippen LogP) is 4.43. The molecule has 0 amide bonds. The lowest BCUT2D eigenvalue weighted by Crippen LogP contribution is -2.62. The van der Waals surface area contributed by atoms with Crippen molar-refractivity contribution in [1.29, 1.82) is 0 Å². The van der Waals surface area contributed by atoms with Gasteiger partial charge in [0.25, 0.3) is 0 Å². The van der Waals surface area contributed by atoms with Gasteiger partial charge in [-0.3, -0.25) is 19.2 Å². The molecule has 196 valence electrons. The van der Waals surface area contributed by atoms with E-state index in [0.29, 0.717) is 19.3 Å². The quantitative estimate of drug-likeness (QED) is 0.553. The molecule has 0 aromatic carbocycles. The van der Waals surface area contributed by atoms with E-state index in [0.717, 1.165) is 24.8 Å². The molecule has 4 aliphatic carbocycles. The molecule has 1 heterocycles. The summed E-state index contributed by atoms with van der Waals surface area (Å²) in [5.41, 5.74) is -1.54. The molecule has 0 radical (unpaired) electrons. The minimum Gasteiger partial charge on any atom is -0.481 e. The highest BCUT2D eigenvalue weighted by Crippen LogP contribution is 2.69. The summed E-state index contributed by atoms with van der Waals surface area (Å²) >= 11 is 0. The van der Waals surface area contributed by atoms with Crippen LogP contribution in [0.15, 0.2) is 23.8 Å². The van der Waals surface area contributed by atoms with Crippen LogP contribution in [0.5, 0.6) is 0 Å². The largest absolute Gasteiger partial charge is 0.481 e. The lowest BCUT2D eigenvalue weighted by Gasteiger charge is -2.57. The molecular weight excluding hydrogens is 460 g/mol. The fourth-order valence-electron chi connectivity index (χ4n) is 8.49. The first-order valence-corrected chi connectivity index (χ1v) is 13.6. The normalized spacial score (nSPS) is 43.8. The van der Waals surface area contributed by atoms with Crippen LogP contribution in [-0.4, -0.2) is 46.4 Å². The molecule has 0 bridgehead atoms. The van der Waals surface area contributed by atoms with Crippen LogP contribution in [0.1, 0.15) is 79.1 Å². The van der Waals surface area contributed by atoms with Gasteiger partial charge in [0.05, 0.1) is 12.0 Å². The highest BCUT2D eigenvalue weighted by molar-refractivity contribution is 6.02. The monoisotopic (exact) mass is 498 g/mol. The molecule has 9 atom stereocenters. The summed E-state index contributed by atoms with van der Waals surface area (Å²) in [4.78, 5) is 52.0. The molecular formula is C29H38O7. The highest BCUT2D eigenvalue weighted by Gasteiger charge is 2.75. The van der Waals surface area contributed by atoms with Gasteiger partial charge in [-0.15, -0.1) is 0 Å². The first-order chi connectivity index (χ1) is 17.0. The zero-order valence-corrected chi connectivity index (χ0v) is 21.7. The van der Waals surface area contributed by atoms with Crippen LogP contribution < -0.4 is 0 Å². The molecule has 1 aliphatic heterocycles. The number of allylic oxidation sites excluding steroid dienone is 4. The minimum atomic E-state index is -1.31. The molecule has 2 unspecified atom stereocenters. The number of fused-ring (bicyclic) bond motifs is 7. The van der Waals surface area contributed by atoms with Crippen LogP contribution in [0, 0.1) is 34.5 Å². The number of carboxylic acid groups (broad SMARTS) is 1. The summed E-state index contributed by atoms with van der Waals surface area (Å²) in [5.74, 6) is -2.10. The second-order valence-electron chi connectivity index (χ2n) is 12.0. The summed E-state index contributed by atoms with van der Waals surface area (Å²) in [5, 5.41) is 9.68. The molecule has 7 heteroatoms. The lowest BCUT2D eigenvalue weighted by atomic mass is 9.46. The van der Waals surface area contributed by atoms with E-state index in [1.165, 1.54) is 0 Å². The Morgan fingerprint density at radius 1 is 1.22 bits per heavy atom. The van der Waals surface area contributed by atoms with Crippen molar-refractivity contribution in [2.45, 2.75) is 97.1 Å². The Morgan fingerprint density at radius 3 is 2.64 bits per heavy atom. The van der Waals surface area contributed by atoms with Gasteiger partial charge < -0.3 is 14.6 Å². The van der Waals surface area contributed by atoms with Crippen molar-refractivity contribution in [3.05, 3.63) is 23.8 Å². The van der Waals surface area contributed by atoms with Crippen molar-refractivity contribution < 1.29 is 33.8 Å². The van der Waals surface area contributed by atoms with E-state index in [-0.39, 0.29) is 47.9 Å². The molecule has 1 saturated heterocycles. The molecule has 3 saturated carbocycles. The third-order valence-electron chi connectivity index (χ3n) is 10.3. The Kier molecular flexibility index (Phi) is 6.19. The molecule has 0 spiro atoms. The summed E-state index contributed by atoms with van der Waals surface area (Å²) in [6.07, 6.45) is 8.24. The van der Waals surface area contributed by atoms with Crippen LogP contribution in [0.25, 0.3) is 0 Å². The number of rotatable bonds is 7. The number of carboxylic acids is 1. The number of aliphatic carboxylic acids is 1. The van der Waals surface area contributed by atoms with Crippen LogP contribution in [0.3, 0.4) is 0 Å². The number of carbonyl (C=O) groups excluding carboxylic acids is 3. The third-order valence-corrected chi connectivity index (χ3v) is 10.3. The maximum absolute atomic E-state index is 14.1. The van der Waals surface area contributed by atoms with Crippen molar-refractivity contribution in [2.24, 2.45) is 34.5 Å². The first kappa shape index (κ1) is 25.5. The lowest BCUT2D eigenvalue weighted by molar-refractivity contribution is -0.187. The Hall–Kier alpha value is -2.12. The van der Waals surface area contributed by atoms with Crippen molar-refractivity contribution >= 4 is 23.3 Å². The van der Waals surface area contributed by atoms with Gasteiger partial charge >= 0.3 is 5.97 Å². The van der Waals surface area contributed by atoms with E-state index in [4.69, 9.17) is 9.47 Å². The topological polar surface area (TPSA) is 107 Å². The zero-order chi connectivity index (χ0) is 26.0. The number of ketones is 3. The second-order valence-corrected chi connectivity index (χ2v) is 12.0. The van der Waals surface area contributed by atoms with Gasteiger partial charge in [-0.05, 0) is 56.1 Å². The maximum atomic E-state index is 14.1. The minimum absolute atomic E-state index is 0.0263. The van der Waals surface area contributed by atoms with Crippen molar-refractivity contribution in [3.8, 4) is 0 Å². The Morgan fingerprint density at radius 2 is 1.97 bits per heavy atom. The fraction of sp³-hybridized carbons (Fsp3) is 0.724. The SMILES string of the molecule is CCCC1O[C@@H]2C[C@H]3[C@@H]4CCC5=CC(=O)C=C[C@]5(C)[C@H]4C(=O)C[C@]3(C)[C@]2(C(=O)CC(CC)C(=O)O)O1. The van der Waals surface area contributed by atoms with E-state index in [2.05, 4.69) is 6.92 Å². The van der Waals surface area contributed by atoms with Crippen LogP contribution in [0.4, 0.5) is 0 Å². The Labute approximate surface area is 212 Å². The molecule has 0 aromatic heterocycles. The molecule has 5 aliphatic rings. The van der Waals surface area contributed by atoms with Crippen LogP contribution in [0.2, 0.25) is 0 Å². The number of carbonyl (C=O) groups is 4. The highest BCUT2D eigenvalue weighted by atomic mass is 16.7. The number of Topliss-reactive ketones (excluding diaryl/α,β-unsaturated/α-hetero) is 2. The average Bonchev–Trinajstić information content (AvgIpc) is 3.29. The van der Waals surface area contributed by atoms with Gasteiger partial charge in [-0.25, -0.2) is 0 Å². The molecule has 5 rings (SSSR count). The zero-order valence-electron chi connectivity index (χ0n) is 21.7. The van der Waals surface area contributed by atoms with Crippen molar-refractivity contribution in [1.82, 2.24) is 0 Å². The number of ether oxygens (including phenoxy) is 2. The van der Waals surface area contributed by atoms with Gasteiger partial charge in [-0.1, -0.05) is 45.8 Å². The molecule has 36 heavy (non-hydrogen) atoms. The van der Waals surface area contributed by atoms with Crippen LogP contribution >= 0.6 is 0 Å². The second kappa shape index (κ2) is 8.73. The maximum Gasteiger partial charge on any atom is 0.306 e. The molecule has 7 nitrogen and oxygen atoms in total. The Balaban J connectivity index is 1.55. The van der Waals surface area contributed by atoms with E-state index in [9.17, 15) is 24.3 Å². The summed E-state index contributed by atoms with van der Waals surface area (Å²) in [6.45, 7) is 7.88. The fourth-order valence-corrected chi connectivity index (χ4v) is 8.49. The average molecular weight is 499 g/mol. The number of hydrogen-bond acceptors (Lipinski definition) is 6. The smallest absolute Gasteiger partial charge is 0.306 e.